The van der Waals surface area contributed by atoms with Gasteiger partial charge in [0.25, 0.3) is 0 Å². The molecule has 0 aliphatic heterocycles. The Morgan fingerprint density at radius 2 is 1.90 bits per heavy atom. The van der Waals surface area contributed by atoms with E-state index in [1.807, 2.05) is 30.3 Å². The third kappa shape index (κ3) is 4.87. The minimum absolute atomic E-state index is 0.229. The molecule has 0 radical (unpaired) electrons. The van der Waals surface area contributed by atoms with Crippen LogP contribution in [0.15, 0.2) is 30.3 Å². The number of nitrogens with two attached hydrogens (primary N) is 1. The van der Waals surface area contributed by atoms with Crippen molar-refractivity contribution in [2.45, 2.75) is 31.9 Å². The highest BCUT2D eigenvalue weighted by molar-refractivity contribution is 5.22. The zero-order valence-corrected chi connectivity index (χ0v) is 12.9. The van der Waals surface area contributed by atoms with E-state index in [0.717, 1.165) is 18.7 Å². The first-order valence-corrected chi connectivity index (χ1v) is 7.24. The second-order valence-electron chi connectivity index (χ2n) is 5.47. The lowest BCUT2D eigenvalue weighted by molar-refractivity contribution is 0.0189. The molecule has 0 amide bonds. The maximum Gasteiger partial charge on any atom is 0.103 e. The summed E-state index contributed by atoms with van der Waals surface area (Å²) < 4.78 is 5.14. The highest BCUT2D eigenvalue weighted by Gasteiger charge is 2.28. The Kier molecular flexibility index (Phi) is 7.16. The van der Waals surface area contributed by atoms with Gasteiger partial charge >= 0.3 is 0 Å². The molecular weight excluding hydrogens is 252 g/mol. The first-order valence-electron chi connectivity index (χ1n) is 7.24. The number of methoxy groups -OCH3 is 1. The summed E-state index contributed by atoms with van der Waals surface area (Å²) in [6.45, 7) is 6.89. The van der Waals surface area contributed by atoms with Gasteiger partial charge in [-0.05, 0) is 25.8 Å². The highest BCUT2D eigenvalue weighted by Crippen LogP contribution is 2.24. The fourth-order valence-electron chi connectivity index (χ4n) is 2.28. The Bertz CT molecular complexity index is 370. The van der Waals surface area contributed by atoms with Gasteiger partial charge in [0.15, 0.2) is 0 Å². The summed E-state index contributed by atoms with van der Waals surface area (Å²) in [6.07, 6.45) is 0.620. The maximum absolute atomic E-state index is 10.8. The van der Waals surface area contributed by atoms with Crippen LogP contribution in [0.2, 0.25) is 0 Å². The average molecular weight is 280 g/mol. The monoisotopic (exact) mass is 280 g/mol. The minimum atomic E-state index is -0.957. The molecule has 0 saturated carbocycles. The molecule has 1 atom stereocenters. The van der Waals surface area contributed by atoms with Crippen LogP contribution in [0.3, 0.4) is 0 Å². The van der Waals surface area contributed by atoms with Crippen molar-refractivity contribution in [1.82, 2.24) is 4.90 Å². The van der Waals surface area contributed by atoms with E-state index in [1.165, 1.54) is 0 Å². The van der Waals surface area contributed by atoms with Crippen LogP contribution in [-0.4, -0.2) is 49.4 Å². The molecule has 0 bridgehead atoms. The molecule has 0 saturated heterocycles. The van der Waals surface area contributed by atoms with Gasteiger partial charge in [-0.25, -0.2) is 0 Å². The van der Waals surface area contributed by atoms with Crippen molar-refractivity contribution in [3.63, 3.8) is 0 Å². The smallest absolute Gasteiger partial charge is 0.103 e. The van der Waals surface area contributed by atoms with E-state index in [2.05, 4.69) is 18.7 Å². The standard InChI is InChI=1S/C16H28N2O2/c1-14(2)18(11-12-20-3)10-9-16(19,13-17)15-7-5-4-6-8-15/h4-8,14,19H,9-13,17H2,1-3H3. The van der Waals surface area contributed by atoms with Crippen LogP contribution in [0.25, 0.3) is 0 Å². The van der Waals surface area contributed by atoms with Crippen molar-refractivity contribution in [1.29, 1.82) is 0 Å². The van der Waals surface area contributed by atoms with Crippen LogP contribution in [-0.2, 0) is 10.3 Å². The number of hydrogen-bond donors (Lipinski definition) is 2. The molecule has 20 heavy (non-hydrogen) atoms. The van der Waals surface area contributed by atoms with E-state index in [9.17, 15) is 5.11 Å². The van der Waals surface area contributed by atoms with Crippen molar-refractivity contribution in [2.24, 2.45) is 5.73 Å². The van der Waals surface area contributed by atoms with Crippen LogP contribution in [0.5, 0.6) is 0 Å². The number of hydrogen-bond acceptors (Lipinski definition) is 4. The van der Waals surface area contributed by atoms with E-state index >= 15 is 0 Å². The van der Waals surface area contributed by atoms with Crippen LogP contribution in [0.1, 0.15) is 25.8 Å². The van der Waals surface area contributed by atoms with Gasteiger partial charge in [-0.15, -0.1) is 0 Å². The van der Waals surface area contributed by atoms with E-state index in [1.54, 1.807) is 7.11 Å². The van der Waals surface area contributed by atoms with Gasteiger partial charge in [0.2, 0.25) is 0 Å². The lowest BCUT2D eigenvalue weighted by Crippen LogP contribution is -2.42. The first kappa shape index (κ1) is 17.1. The average Bonchev–Trinajstić information content (AvgIpc) is 2.47. The maximum atomic E-state index is 10.8. The Morgan fingerprint density at radius 3 is 2.40 bits per heavy atom. The Balaban J connectivity index is 2.67. The van der Waals surface area contributed by atoms with Crippen molar-refractivity contribution in [2.75, 3.05) is 33.4 Å². The van der Waals surface area contributed by atoms with Crippen molar-refractivity contribution in [3.8, 4) is 0 Å². The van der Waals surface area contributed by atoms with Gasteiger partial charge in [-0.1, -0.05) is 30.3 Å². The van der Waals surface area contributed by atoms with E-state index < -0.39 is 5.60 Å². The third-order valence-electron chi connectivity index (χ3n) is 3.77. The van der Waals surface area contributed by atoms with Gasteiger partial charge < -0.3 is 15.6 Å². The van der Waals surface area contributed by atoms with Gasteiger partial charge in [0, 0.05) is 32.8 Å². The number of aliphatic hydroxyl groups is 1. The predicted octanol–water partition coefficient (Wildman–Crippen LogP) is 1.58. The Labute approximate surface area is 122 Å². The zero-order chi connectivity index (χ0) is 15.0. The van der Waals surface area contributed by atoms with Crippen molar-refractivity contribution < 1.29 is 9.84 Å². The first-order chi connectivity index (χ1) is 9.53. The Morgan fingerprint density at radius 1 is 1.25 bits per heavy atom. The second-order valence-corrected chi connectivity index (χ2v) is 5.47. The summed E-state index contributed by atoms with van der Waals surface area (Å²) in [6, 6.07) is 10.1. The molecule has 0 spiro atoms. The molecule has 1 aromatic carbocycles. The van der Waals surface area contributed by atoms with Crippen LogP contribution < -0.4 is 5.73 Å². The largest absolute Gasteiger partial charge is 0.384 e. The van der Waals surface area contributed by atoms with Crippen LogP contribution in [0.4, 0.5) is 0 Å². The molecule has 0 aromatic heterocycles. The second kappa shape index (κ2) is 8.37. The number of rotatable bonds is 9. The number of ether oxygens (including phenoxy) is 1. The summed E-state index contributed by atoms with van der Waals surface area (Å²) in [4.78, 5) is 2.30. The molecule has 0 heterocycles. The molecule has 114 valence electrons. The molecule has 1 aromatic rings. The summed E-state index contributed by atoms with van der Waals surface area (Å²) in [5.41, 5.74) is 5.74. The third-order valence-corrected chi connectivity index (χ3v) is 3.77. The van der Waals surface area contributed by atoms with Gasteiger partial charge in [0.1, 0.15) is 5.60 Å². The molecule has 0 fully saturated rings. The molecule has 0 aliphatic carbocycles. The normalized spacial score (nSPS) is 14.8. The van der Waals surface area contributed by atoms with E-state index in [0.29, 0.717) is 19.1 Å². The van der Waals surface area contributed by atoms with Gasteiger partial charge in [0.05, 0.1) is 6.61 Å². The molecular formula is C16H28N2O2. The molecule has 3 N–H and O–H groups in total. The fourth-order valence-corrected chi connectivity index (χ4v) is 2.28. The minimum Gasteiger partial charge on any atom is -0.384 e. The number of benzene rings is 1. The lowest BCUT2D eigenvalue weighted by atomic mass is 9.90. The quantitative estimate of drug-likeness (QED) is 0.721. The Hall–Kier alpha value is -0.940. The fraction of sp³-hybridized carbons (Fsp3) is 0.625. The molecule has 4 nitrogen and oxygen atoms in total. The van der Waals surface area contributed by atoms with Crippen molar-refractivity contribution >= 4 is 0 Å². The van der Waals surface area contributed by atoms with Gasteiger partial charge in [-0.3, -0.25) is 4.90 Å². The lowest BCUT2D eigenvalue weighted by Gasteiger charge is -2.32. The summed E-state index contributed by atoms with van der Waals surface area (Å²) in [5.74, 6) is 0. The molecule has 0 aliphatic rings. The summed E-state index contributed by atoms with van der Waals surface area (Å²) in [7, 11) is 1.71. The van der Waals surface area contributed by atoms with Crippen LogP contribution >= 0.6 is 0 Å². The summed E-state index contributed by atoms with van der Waals surface area (Å²) in [5, 5.41) is 10.8. The molecule has 4 heteroatoms. The highest BCUT2D eigenvalue weighted by atomic mass is 16.5. The molecule has 1 rings (SSSR count). The topological polar surface area (TPSA) is 58.7 Å². The van der Waals surface area contributed by atoms with E-state index in [4.69, 9.17) is 10.5 Å². The van der Waals surface area contributed by atoms with Crippen LogP contribution in [0, 0.1) is 0 Å². The van der Waals surface area contributed by atoms with Gasteiger partial charge in [-0.2, -0.15) is 0 Å². The number of nitrogens with zero attached hydrogens (tertiary/aromatic N) is 1. The van der Waals surface area contributed by atoms with Crippen molar-refractivity contribution in [3.05, 3.63) is 35.9 Å². The SMILES string of the molecule is COCCN(CCC(O)(CN)c1ccccc1)C(C)C. The van der Waals surface area contributed by atoms with E-state index in [-0.39, 0.29) is 6.54 Å². The molecule has 1 unspecified atom stereocenters. The zero-order valence-electron chi connectivity index (χ0n) is 12.9. The predicted molar refractivity (Wildman–Crippen MR) is 82.6 cm³/mol. The summed E-state index contributed by atoms with van der Waals surface area (Å²) >= 11 is 0.